The van der Waals surface area contributed by atoms with Gasteiger partial charge in [0.2, 0.25) is 0 Å². The lowest BCUT2D eigenvalue weighted by atomic mass is 10.1. The Balaban J connectivity index is 2.32. The number of benzene rings is 1. The number of hydrogen-bond donors (Lipinski definition) is 1. The molecule has 0 saturated heterocycles. The molecule has 2 aromatic rings. The van der Waals surface area contributed by atoms with Crippen LogP contribution in [0.15, 0.2) is 30.6 Å². The summed E-state index contributed by atoms with van der Waals surface area (Å²) in [5.74, 6) is -0.245. The maximum Gasteiger partial charge on any atom is 0.149 e. The zero-order valence-electron chi connectivity index (χ0n) is 10.2. The second-order valence-electron chi connectivity index (χ2n) is 4.03. The lowest BCUT2D eigenvalue weighted by Crippen LogP contribution is -2.16. The van der Waals surface area contributed by atoms with Crippen LogP contribution in [0.1, 0.15) is 18.9 Å². The Hall–Kier alpha value is -0.950. The van der Waals surface area contributed by atoms with Crippen LogP contribution in [0.4, 0.5) is 4.39 Å². The van der Waals surface area contributed by atoms with E-state index in [1.165, 1.54) is 6.07 Å². The smallest absolute Gasteiger partial charge is 0.149 e. The molecule has 96 valence electrons. The van der Waals surface area contributed by atoms with E-state index in [0.29, 0.717) is 12.2 Å². The maximum absolute atomic E-state index is 14.0. The zero-order chi connectivity index (χ0) is 13.0. The Labute approximate surface area is 120 Å². The summed E-state index contributed by atoms with van der Waals surface area (Å²) in [5, 5.41) is 7.46. The molecule has 0 aliphatic heterocycles. The van der Waals surface area contributed by atoms with Crippen LogP contribution in [-0.2, 0) is 6.54 Å². The summed E-state index contributed by atoms with van der Waals surface area (Å²) in [6.07, 6.45) is 4.60. The molecule has 0 radical (unpaired) electrons. The molecule has 2 rings (SSSR count). The molecule has 0 amide bonds. The van der Waals surface area contributed by atoms with Crippen molar-refractivity contribution in [3.8, 4) is 5.69 Å². The van der Waals surface area contributed by atoms with Crippen molar-refractivity contribution in [3.63, 3.8) is 0 Å². The van der Waals surface area contributed by atoms with Crippen LogP contribution < -0.4 is 5.32 Å². The number of rotatable bonds is 5. The standard InChI is InChI=1S/C13H15FIN3/c1-2-6-16-7-10-4-3-5-12(14)13(10)18-9-11(15)8-17-18/h3-5,8-9,16H,2,6-7H2,1H3. The van der Waals surface area contributed by atoms with Gasteiger partial charge in [0.25, 0.3) is 0 Å². The van der Waals surface area contributed by atoms with Crippen molar-refractivity contribution in [1.82, 2.24) is 15.1 Å². The van der Waals surface area contributed by atoms with Crippen molar-refractivity contribution >= 4 is 22.6 Å². The van der Waals surface area contributed by atoms with E-state index in [2.05, 4.69) is 39.9 Å². The van der Waals surface area contributed by atoms with E-state index in [1.54, 1.807) is 16.9 Å². The van der Waals surface area contributed by atoms with Crippen LogP contribution in [0, 0.1) is 9.39 Å². The van der Waals surface area contributed by atoms with Gasteiger partial charge in [0.1, 0.15) is 11.5 Å². The second kappa shape index (κ2) is 6.29. The van der Waals surface area contributed by atoms with Crippen molar-refractivity contribution in [2.24, 2.45) is 0 Å². The first kappa shape index (κ1) is 13.5. The third kappa shape index (κ3) is 3.08. The highest BCUT2D eigenvalue weighted by atomic mass is 127. The molecule has 0 fully saturated rings. The molecule has 1 heterocycles. The average Bonchev–Trinajstić information content (AvgIpc) is 2.76. The van der Waals surface area contributed by atoms with Gasteiger partial charge in [0.05, 0.1) is 9.77 Å². The van der Waals surface area contributed by atoms with Crippen molar-refractivity contribution < 1.29 is 4.39 Å². The van der Waals surface area contributed by atoms with Crippen molar-refractivity contribution in [2.75, 3.05) is 6.54 Å². The van der Waals surface area contributed by atoms with Gasteiger partial charge in [-0.1, -0.05) is 19.1 Å². The molecule has 1 aromatic heterocycles. The number of para-hydroxylation sites is 1. The van der Waals surface area contributed by atoms with Gasteiger partial charge >= 0.3 is 0 Å². The fourth-order valence-electron chi connectivity index (χ4n) is 1.78. The Morgan fingerprint density at radius 3 is 2.94 bits per heavy atom. The van der Waals surface area contributed by atoms with E-state index in [9.17, 15) is 4.39 Å². The van der Waals surface area contributed by atoms with E-state index < -0.39 is 0 Å². The van der Waals surface area contributed by atoms with E-state index in [1.807, 2.05) is 12.3 Å². The molecule has 1 N–H and O–H groups in total. The van der Waals surface area contributed by atoms with E-state index in [4.69, 9.17) is 0 Å². The Bertz CT molecular complexity index is 525. The molecule has 5 heteroatoms. The van der Waals surface area contributed by atoms with Crippen LogP contribution in [0.3, 0.4) is 0 Å². The lowest BCUT2D eigenvalue weighted by Gasteiger charge is -2.11. The summed E-state index contributed by atoms with van der Waals surface area (Å²) < 4.78 is 16.5. The minimum absolute atomic E-state index is 0.245. The van der Waals surface area contributed by atoms with Gasteiger partial charge in [-0.25, -0.2) is 9.07 Å². The van der Waals surface area contributed by atoms with E-state index >= 15 is 0 Å². The predicted octanol–water partition coefficient (Wildman–Crippen LogP) is 3.12. The molecule has 0 saturated carbocycles. The average molecular weight is 359 g/mol. The summed E-state index contributed by atoms with van der Waals surface area (Å²) in [5.41, 5.74) is 1.45. The minimum atomic E-state index is -0.245. The molecule has 0 aliphatic rings. The number of nitrogens with one attached hydrogen (secondary N) is 1. The van der Waals surface area contributed by atoms with Crippen molar-refractivity contribution in [1.29, 1.82) is 0 Å². The van der Waals surface area contributed by atoms with Gasteiger partial charge in [-0.15, -0.1) is 0 Å². The van der Waals surface area contributed by atoms with Gasteiger partial charge in [-0.3, -0.25) is 0 Å². The van der Waals surface area contributed by atoms with Gasteiger partial charge < -0.3 is 5.32 Å². The molecule has 0 spiro atoms. The van der Waals surface area contributed by atoms with Gasteiger partial charge in [-0.2, -0.15) is 5.10 Å². The molecule has 0 unspecified atom stereocenters. The van der Waals surface area contributed by atoms with Gasteiger partial charge in [0, 0.05) is 12.7 Å². The first-order chi connectivity index (χ1) is 8.72. The first-order valence-electron chi connectivity index (χ1n) is 5.91. The lowest BCUT2D eigenvalue weighted by molar-refractivity contribution is 0.600. The largest absolute Gasteiger partial charge is 0.313 e. The third-order valence-electron chi connectivity index (χ3n) is 2.59. The zero-order valence-corrected chi connectivity index (χ0v) is 12.3. The summed E-state index contributed by atoms with van der Waals surface area (Å²) in [7, 11) is 0. The van der Waals surface area contributed by atoms with E-state index in [-0.39, 0.29) is 5.82 Å². The third-order valence-corrected chi connectivity index (χ3v) is 3.15. The van der Waals surface area contributed by atoms with Gasteiger partial charge in [-0.05, 0) is 47.2 Å². The van der Waals surface area contributed by atoms with E-state index in [0.717, 1.165) is 22.1 Å². The highest BCUT2D eigenvalue weighted by Gasteiger charge is 2.11. The number of aromatic nitrogens is 2. The molecule has 0 atom stereocenters. The normalized spacial score (nSPS) is 10.8. The molecular weight excluding hydrogens is 344 g/mol. The quantitative estimate of drug-likeness (QED) is 0.657. The minimum Gasteiger partial charge on any atom is -0.313 e. The second-order valence-corrected chi connectivity index (χ2v) is 5.27. The Morgan fingerprint density at radius 1 is 1.44 bits per heavy atom. The topological polar surface area (TPSA) is 29.9 Å². The highest BCUT2D eigenvalue weighted by Crippen LogP contribution is 2.19. The van der Waals surface area contributed by atoms with Crippen LogP contribution in [0.5, 0.6) is 0 Å². The molecular formula is C13H15FIN3. The van der Waals surface area contributed by atoms with Crippen LogP contribution >= 0.6 is 22.6 Å². The summed E-state index contributed by atoms with van der Waals surface area (Å²) in [6, 6.07) is 5.12. The predicted molar refractivity (Wildman–Crippen MR) is 78.2 cm³/mol. The van der Waals surface area contributed by atoms with Gasteiger partial charge in [0.15, 0.2) is 0 Å². The highest BCUT2D eigenvalue weighted by molar-refractivity contribution is 14.1. The van der Waals surface area contributed by atoms with Crippen molar-refractivity contribution in [3.05, 3.63) is 45.5 Å². The maximum atomic E-state index is 14.0. The molecule has 0 bridgehead atoms. The summed E-state index contributed by atoms with van der Waals surface area (Å²) in [6.45, 7) is 3.68. The first-order valence-corrected chi connectivity index (χ1v) is 6.99. The monoisotopic (exact) mass is 359 g/mol. The Morgan fingerprint density at radius 2 is 2.28 bits per heavy atom. The molecule has 18 heavy (non-hydrogen) atoms. The molecule has 0 aliphatic carbocycles. The van der Waals surface area contributed by atoms with Crippen molar-refractivity contribution in [2.45, 2.75) is 19.9 Å². The number of nitrogens with zero attached hydrogens (tertiary/aromatic N) is 2. The summed E-state index contributed by atoms with van der Waals surface area (Å²) >= 11 is 2.16. The Kier molecular flexibility index (Phi) is 4.71. The number of hydrogen-bond acceptors (Lipinski definition) is 2. The fraction of sp³-hybridized carbons (Fsp3) is 0.308. The van der Waals surface area contributed by atoms with Crippen LogP contribution in [-0.4, -0.2) is 16.3 Å². The fourth-order valence-corrected chi connectivity index (χ4v) is 2.17. The molecule has 1 aromatic carbocycles. The summed E-state index contributed by atoms with van der Waals surface area (Å²) in [4.78, 5) is 0. The SMILES string of the molecule is CCCNCc1cccc(F)c1-n1cc(I)cn1. The molecule has 3 nitrogen and oxygen atoms in total. The van der Waals surface area contributed by atoms with Crippen LogP contribution in [0.2, 0.25) is 0 Å². The van der Waals surface area contributed by atoms with Crippen LogP contribution in [0.25, 0.3) is 5.69 Å². The number of halogens is 2.